The first-order valence-corrected chi connectivity index (χ1v) is 10.8. The van der Waals surface area contributed by atoms with E-state index in [9.17, 15) is 14.4 Å². The molecule has 2 aromatic carbocycles. The van der Waals surface area contributed by atoms with Crippen LogP contribution < -0.4 is 4.74 Å². The summed E-state index contributed by atoms with van der Waals surface area (Å²) in [4.78, 5) is 39.9. The summed E-state index contributed by atoms with van der Waals surface area (Å²) in [7, 11) is 1.63. The number of rotatable bonds is 5. The van der Waals surface area contributed by atoms with Gasteiger partial charge in [0.1, 0.15) is 5.75 Å². The Morgan fingerprint density at radius 1 is 1.03 bits per heavy atom. The molecule has 2 heterocycles. The Morgan fingerprint density at radius 2 is 1.80 bits per heavy atom. The van der Waals surface area contributed by atoms with Gasteiger partial charge in [0.2, 0.25) is 0 Å². The number of fused-ring (bicyclic) bond motifs is 1. The van der Waals surface area contributed by atoms with Crippen molar-refractivity contribution in [1.29, 1.82) is 0 Å². The van der Waals surface area contributed by atoms with E-state index in [4.69, 9.17) is 4.74 Å². The van der Waals surface area contributed by atoms with E-state index in [0.717, 1.165) is 29.4 Å². The zero-order valence-electron chi connectivity index (χ0n) is 17.0. The zero-order chi connectivity index (χ0) is 21.3. The monoisotopic (exact) mass is 421 g/mol. The Balaban J connectivity index is 1.51. The highest BCUT2D eigenvalue weighted by atomic mass is 32.1. The molecule has 1 aromatic heterocycles. The van der Waals surface area contributed by atoms with E-state index in [-0.39, 0.29) is 23.4 Å². The summed E-state index contributed by atoms with van der Waals surface area (Å²) in [5.74, 6) is 0.482. The second kappa shape index (κ2) is 8.40. The van der Waals surface area contributed by atoms with Crippen molar-refractivity contribution in [2.45, 2.75) is 19.8 Å². The number of likely N-dealkylation sites (tertiary alicyclic amines) is 1. The third-order valence-corrected chi connectivity index (χ3v) is 6.64. The maximum atomic E-state index is 13.2. The van der Waals surface area contributed by atoms with Gasteiger partial charge in [0, 0.05) is 30.0 Å². The summed E-state index contributed by atoms with van der Waals surface area (Å²) < 4.78 is 5.26. The zero-order valence-corrected chi connectivity index (χ0v) is 17.8. The average molecular weight is 422 g/mol. The first kappa shape index (κ1) is 20.3. The molecular weight excluding hydrogens is 398 g/mol. The van der Waals surface area contributed by atoms with Crippen molar-refractivity contribution < 1.29 is 19.1 Å². The number of nitrogens with zero attached hydrogens (tertiary/aromatic N) is 1. The predicted molar refractivity (Wildman–Crippen MR) is 118 cm³/mol. The number of hydrogen-bond acceptors (Lipinski definition) is 5. The maximum Gasteiger partial charge on any atom is 0.254 e. The van der Waals surface area contributed by atoms with Crippen LogP contribution in [0.1, 0.15) is 50.2 Å². The van der Waals surface area contributed by atoms with Gasteiger partial charge in [-0.1, -0.05) is 18.2 Å². The Morgan fingerprint density at radius 3 is 2.53 bits per heavy atom. The number of methoxy groups -OCH3 is 1. The number of carbonyl (C=O) groups excluding carboxylic acids is 3. The van der Waals surface area contributed by atoms with Gasteiger partial charge >= 0.3 is 0 Å². The third-order valence-electron chi connectivity index (χ3n) is 5.60. The van der Waals surface area contributed by atoms with Gasteiger partial charge in [-0.2, -0.15) is 0 Å². The van der Waals surface area contributed by atoms with Gasteiger partial charge in [0.15, 0.2) is 11.6 Å². The molecular formula is C24H23NO4S. The maximum absolute atomic E-state index is 13.2. The van der Waals surface area contributed by atoms with Gasteiger partial charge in [0.25, 0.3) is 5.91 Å². The quantitative estimate of drug-likeness (QED) is 0.553. The molecule has 6 heteroatoms. The molecule has 154 valence electrons. The SMILES string of the molecule is COc1ccc2cc(C(=O)[C@@H]3CCCN(C(=O)c4csc(C(C)=O)c4)C3)ccc2c1. The van der Waals surface area contributed by atoms with E-state index in [0.29, 0.717) is 29.1 Å². The predicted octanol–water partition coefficient (Wildman–Crippen LogP) is 4.85. The van der Waals surface area contributed by atoms with Gasteiger partial charge in [-0.25, -0.2) is 0 Å². The molecule has 0 spiro atoms. The van der Waals surface area contributed by atoms with E-state index in [1.165, 1.54) is 18.3 Å². The number of benzene rings is 2. The Kier molecular flexibility index (Phi) is 5.68. The molecule has 0 aliphatic carbocycles. The fourth-order valence-corrected chi connectivity index (χ4v) is 4.71. The Labute approximate surface area is 179 Å². The molecule has 4 rings (SSSR count). The topological polar surface area (TPSA) is 63.7 Å². The van der Waals surface area contributed by atoms with Gasteiger partial charge < -0.3 is 9.64 Å². The standard InChI is InChI=1S/C24H23NO4S/c1-15(26)22-12-20(14-30-22)24(28)25-9-3-4-19(13-25)23(27)18-6-5-17-11-21(29-2)8-7-16(17)10-18/h5-8,10-12,14,19H,3-4,9,13H2,1-2H3/t19-/m1/s1. The molecule has 3 aromatic rings. The van der Waals surface area contributed by atoms with Crippen molar-refractivity contribution in [3.63, 3.8) is 0 Å². The lowest BCUT2D eigenvalue weighted by Crippen LogP contribution is -2.42. The number of thiophene rings is 1. The van der Waals surface area contributed by atoms with Crippen LogP contribution in [0.4, 0.5) is 0 Å². The van der Waals surface area contributed by atoms with E-state index in [1.54, 1.807) is 23.5 Å². The molecule has 0 saturated carbocycles. The van der Waals surface area contributed by atoms with Crippen LogP contribution in [0.25, 0.3) is 10.8 Å². The smallest absolute Gasteiger partial charge is 0.254 e. The van der Waals surface area contributed by atoms with Crippen LogP contribution in [0, 0.1) is 5.92 Å². The van der Waals surface area contributed by atoms with Crippen molar-refractivity contribution in [3.8, 4) is 5.75 Å². The fraction of sp³-hybridized carbons (Fsp3) is 0.292. The molecule has 0 bridgehead atoms. The summed E-state index contributed by atoms with van der Waals surface area (Å²) in [5.41, 5.74) is 1.19. The molecule has 0 radical (unpaired) electrons. The highest BCUT2D eigenvalue weighted by molar-refractivity contribution is 7.12. The molecule has 1 saturated heterocycles. The first-order chi connectivity index (χ1) is 14.5. The lowest BCUT2D eigenvalue weighted by molar-refractivity contribution is 0.0637. The lowest BCUT2D eigenvalue weighted by Gasteiger charge is -2.32. The van der Waals surface area contributed by atoms with Gasteiger partial charge in [-0.05, 0) is 54.8 Å². The van der Waals surface area contributed by atoms with E-state index in [1.807, 2.05) is 36.4 Å². The summed E-state index contributed by atoms with van der Waals surface area (Å²) in [6.45, 7) is 2.53. The van der Waals surface area contributed by atoms with E-state index >= 15 is 0 Å². The summed E-state index contributed by atoms with van der Waals surface area (Å²) >= 11 is 1.28. The van der Waals surface area contributed by atoms with Crippen LogP contribution in [0.2, 0.25) is 0 Å². The summed E-state index contributed by atoms with van der Waals surface area (Å²) in [5, 5.41) is 3.73. The second-order valence-electron chi connectivity index (χ2n) is 7.64. The second-order valence-corrected chi connectivity index (χ2v) is 8.55. The van der Waals surface area contributed by atoms with Crippen LogP contribution in [0.5, 0.6) is 5.75 Å². The van der Waals surface area contributed by atoms with E-state index in [2.05, 4.69) is 0 Å². The number of piperidine rings is 1. The fourth-order valence-electron chi connectivity index (χ4n) is 3.93. The summed E-state index contributed by atoms with van der Waals surface area (Å²) in [6, 6.07) is 13.1. The Hall–Kier alpha value is -2.99. The molecule has 1 atom stereocenters. The van der Waals surface area contributed by atoms with Crippen molar-refractivity contribution in [3.05, 3.63) is 63.8 Å². The molecule has 0 N–H and O–H groups in total. The van der Waals surface area contributed by atoms with Gasteiger partial charge in [-0.3, -0.25) is 14.4 Å². The average Bonchev–Trinajstić information content (AvgIpc) is 3.28. The Bertz CT molecular complexity index is 1130. The van der Waals surface area contributed by atoms with E-state index < -0.39 is 0 Å². The minimum Gasteiger partial charge on any atom is -0.497 e. The highest BCUT2D eigenvalue weighted by Gasteiger charge is 2.30. The minimum absolute atomic E-state index is 0.0420. The molecule has 1 amide bonds. The molecule has 1 aliphatic rings. The highest BCUT2D eigenvalue weighted by Crippen LogP contribution is 2.27. The third kappa shape index (κ3) is 4.00. The van der Waals surface area contributed by atoms with Crippen LogP contribution in [0.15, 0.2) is 47.8 Å². The molecule has 5 nitrogen and oxygen atoms in total. The van der Waals surface area contributed by atoms with Crippen LogP contribution in [-0.2, 0) is 0 Å². The molecule has 1 fully saturated rings. The van der Waals surface area contributed by atoms with Gasteiger partial charge in [-0.15, -0.1) is 11.3 Å². The number of ether oxygens (including phenoxy) is 1. The number of Topliss-reactive ketones (excluding diaryl/α,β-unsaturated/α-hetero) is 2. The van der Waals surface area contributed by atoms with Crippen LogP contribution in [0.3, 0.4) is 0 Å². The number of ketones is 2. The number of carbonyl (C=O) groups is 3. The van der Waals surface area contributed by atoms with Crippen molar-refractivity contribution >= 4 is 39.6 Å². The number of hydrogen-bond donors (Lipinski definition) is 0. The first-order valence-electron chi connectivity index (χ1n) is 9.97. The lowest BCUT2D eigenvalue weighted by atomic mass is 9.89. The van der Waals surface area contributed by atoms with Crippen molar-refractivity contribution in [2.24, 2.45) is 5.92 Å². The van der Waals surface area contributed by atoms with Crippen LogP contribution in [-0.4, -0.2) is 42.6 Å². The normalized spacial score (nSPS) is 16.5. The van der Waals surface area contributed by atoms with Crippen molar-refractivity contribution in [1.82, 2.24) is 4.90 Å². The van der Waals surface area contributed by atoms with Crippen molar-refractivity contribution in [2.75, 3.05) is 20.2 Å². The van der Waals surface area contributed by atoms with Gasteiger partial charge in [0.05, 0.1) is 17.6 Å². The van der Waals surface area contributed by atoms with Crippen LogP contribution >= 0.6 is 11.3 Å². The molecule has 0 unspecified atom stereocenters. The minimum atomic E-state index is -0.218. The number of amides is 1. The molecule has 30 heavy (non-hydrogen) atoms. The molecule has 1 aliphatic heterocycles. The summed E-state index contributed by atoms with van der Waals surface area (Å²) in [6.07, 6.45) is 1.56. The largest absolute Gasteiger partial charge is 0.497 e.